The molecule has 172 valence electrons. The lowest BCUT2D eigenvalue weighted by atomic mass is 10.0. The number of benzene rings is 1. The second-order valence-electron chi connectivity index (χ2n) is 8.36. The van der Waals surface area contributed by atoms with E-state index in [2.05, 4.69) is 11.4 Å². The van der Waals surface area contributed by atoms with Crippen LogP contribution in [0.15, 0.2) is 40.0 Å². The zero-order valence-corrected chi connectivity index (χ0v) is 21.0. The Kier molecular flexibility index (Phi) is 8.11. The van der Waals surface area contributed by atoms with E-state index in [9.17, 15) is 14.9 Å². The lowest BCUT2D eigenvalue weighted by Crippen LogP contribution is -2.31. The van der Waals surface area contributed by atoms with Crippen LogP contribution in [0.3, 0.4) is 0 Å². The molecule has 6 nitrogen and oxygen atoms in total. The molecule has 0 unspecified atom stereocenters. The summed E-state index contributed by atoms with van der Waals surface area (Å²) in [6.07, 6.45) is 2.50. The van der Waals surface area contributed by atoms with Gasteiger partial charge < -0.3 is 5.32 Å². The molecule has 0 aliphatic carbocycles. The largest absolute Gasteiger partial charge is 0.367 e. The van der Waals surface area contributed by atoms with Gasteiger partial charge in [0.05, 0.1) is 4.91 Å². The van der Waals surface area contributed by atoms with Crippen molar-refractivity contribution >= 4 is 46.1 Å². The molecule has 2 heterocycles. The number of carbonyl (C=O) groups is 1. The Morgan fingerprint density at radius 2 is 1.94 bits per heavy atom. The van der Waals surface area contributed by atoms with E-state index in [1.165, 1.54) is 11.8 Å². The van der Waals surface area contributed by atoms with Gasteiger partial charge in [-0.3, -0.25) is 19.1 Å². The number of nitriles is 1. The van der Waals surface area contributed by atoms with Crippen LogP contribution in [0.25, 0.3) is 6.08 Å². The Bertz CT molecular complexity index is 1190. The smallest absolute Gasteiger partial charge is 0.270 e. The highest BCUT2D eigenvalue weighted by atomic mass is 32.2. The van der Waals surface area contributed by atoms with Gasteiger partial charge in [-0.15, -0.1) is 0 Å². The molecule has 1 aliphatic heterocycles. The fraction of sp³-hybridized carbons (Fsp3) is 0.360. The first-order valence-electron chi connectivity index (χ1n) is 11.0. The number of thiocarbonyl (C=S) groups is 1. The predicted molar refractivity (Wildman–Crippen MR) is 139 cm³/mol. The van der Waals surface area contributed by atoms with Crippen LogP contribution in [0.1, 0.15) is 49.4 Å². The number of nitrogens with one attached hydrogen (secondary N) is 1. The lowest BCUT2D eigenvalue weighted by molar-refractivity contribution is -0.122. The summed E-state index contributed by atoms with van der Waals surface area (Å²) in [6, 6.07) is 11.9. The molecule has 0 atom stereocenters. The predicted octanol–water partition coefficient (Wildman–Crippen LogP) is 4.91. The second-order valence-corrected chi connectivity index (χ2v) is 10.0. The minimum atomic E-state index is -0.322. The molecular weight excluding hydrogens is 452 g/mol. The van der Waals surface area contributed by atoms with Gasteiger partial charge in [-0.2, -0.15) is 5.26 Å². The Labute approximate surface area is 204 Å². The number of thioether (sulfide) groups is 1. The van der Waals surface area contributed by atoms with Gasteiger partial charge in [-0.1, -0.05) is 75.1 Å². The van der Waals surface area contributed by atoms with Crippen molar-refractivity contribution in [2.45, 2.75) is 47.2 Å². The molecule has 0 bridgehead atoms. The molecular formula is C25H28N4O2S2. The summed E-state index contributed by atoms with van der Waals surface area (Å²) in [4.78, 5) is 28.3. The van der Waals surface area contributed by atoms with Crippen LogP contribution in [0.5, 0.6) is 0 Å². The van der Waals surface area contributed by atoms with E-state index < -0.39 is 0 Å². The molecule has 1 aliphatic rings. The van der Waals surface area contributed by atoms with Gasteiger partial charge >= 0.3 is 0 Å². The number of nitrogens with zero attached hydrogens (tertiary/aromatic N) is 3. The third-order valence-corrected chi connectivity index (χ3v) is 6.70. The number of hydrogen-bond acceptors (Lipinski definition) is 6. The van der Waals surface area contributed by atoms with Crippen LogP contribution >= 0.6 is 24.0 Å². The normalized spacial score (nSPS) is 14.9. The standard InChI is InChI=1S/C25H28N4O2S2/c1-5-11-28-22(27-14-18-9-7-6-8-10-18)19(17(4)20(13-26)23(28)30)12-21-24(31)29(15-16(2)3)25(32)33-21/h6-10,12,16,27H,5,11,14-15H2,1-4H3/b21-12+. The van der Waals surface area contributed by atoms with E-state index in [1.54, 1.807) is 22.5 Å². The van der Waals surface area contributed by atoms with Crippen LogP contribution in [-0.2, 0) is 17.9 Å². The maximum atomic E-state index is 13.1. The van der Waals surface area contributed by atoms with Gasteiger partial charge in [0.1, 0.15) is 21.8 Å². The third-order valence-electron chi connectivity index (χ3n) is 5.32. The molecule has 2 aromatic rings. The molecule has 0 saturated carbocycles. The lowest BCUT2D eigenvalue weighted by Gasteiger charge is -2.20. The first-order valence-corrected chi connectivity index (χ1v) is 12.2. The summed E-state index contributed by atoms with van der Waals surface area (Å²) < 4.78 is 2.13. The Hall–Kier alpha value is -2.89. The topological polar surface area (TPSA) is 78.1 Å². The first kappa shape index (κ1) is 24.7. The molecule has 1 fully saturated rings. The highest BCUT2D eigenvalue weighted by Gasteiger charge is 2.33. The second kappa shape index (κ2) is 10.8. The maximum Gasteiger partial charge on any atom is 0.270 e. The molecule has 1 saturated heterocycles. The number of rotatable bonds is 8. The molecule has 1 aromatic heterocycles. The molecule has 33 heavy (non-hydrogen) atoms. The Morgan fingerprint density at radius 3 is 2.55 bits per heavy atom. The van der Waals surface area contributed by atoms with Crippen molar-refractivity contribution in [2.75, 3.05) is 11.9 Å². The fourth-order valence-corrected chi connectivity index (χ4v) is 4.98. The fourth-order valence-electron chi connectivity index (χ4n) is 3.73. The summed E-state index contributed by atoms with van der Waals surface area (Å²) in [5.74, 6) is 0.753. The minimum Gasteiger partial charge on any atom is -0.367 e. The number of aromatic nitrogens is 1. The van der Waals surface area contributed by atoms with Crippen molar-refractivity contribution in [3.05, 3.63) is 67.8 Å². The third kappa shape index (κ3) is 5.37. The van der Waals surface area contributed by atoms with Crippen LogP contribution < -0.4 is 10.9 Å². The van der Waals surface area contributed by atoms with Crippen LogP contribution in [0.2, 0.25) is 0 Å². The Balaban J connectivity index is 2.14. The molecule has 1 N–H and O–H groups in total. The molecule has 8 heteroatoms. The van der Waals surface area contributed by atoms with Crippen molar-refractivity contribution in [3.8, 4) is 6.07 Å². The van der Waals surface area contributed by atoms with Crippen molar-refractivity contribution in [1.82, 2.24) is 9.47 Å². The van der Waals surface area contributed by atoms with E-state index >= 15 is 0 Å². The highest BCUT2D eigenvalue weighted by Crippen LogP contribution is 2.35. The van der Waals surface area contributed by atoms with E-state index in [-0.39, 0.29) is 22.9 Å². The minimum absolute atomic E-state index is 0.0950. The zero-order valence-electron chi connectivity index (χ0n) is 19.3. The van der Waals surface area contributed by atoms with Crippen molar-refractivity contribution < 1.29 is 4.79 Å². The molecule has 0 radical (unpaired) electrons. The average Bonchev–Trinajstić information content (AvgIpc) is 3.04. The summed E-state index contributed by atoms with van der Waals surface area (Å²) in [5.41, 5.74) is 2.05. The summed E-state index contributed by atoms with van der Waals surface area (Å²) in [7, 11) is 0. The van der Waals surface area contributed by atoms with Gasteiger partial charge in [-0.25, -0.2) is 0 Å². The zero-order chi connectivity index (χ0) is 24.1. The highest BCUT2D eigenvalue weighted by molar-refractivity contribution is 8.26. The van der Waals surface area contributed by atoms with Gasteiger partial charge in [-0.05, 0) is 36.5 Å². The Morgan fingerprint density at radius 1 is 1.24 bits per heavy atom. The molecule has 0 spiro atoms. The first-order chi connectivity index (χ1) is 15.8. The maximum absolute atomic E-state index is 13.1. The van der Waals surface area contributed by atoms with E-state index in [1.807, 2.05) is 51.1 Å². The van der Waals surface area contributed by atoms with Crippen LogP contribution in [-0.4, -0.2) is 26.2 Å². The molecule has 1 amide bonds. The number of amides is 1. The monoisotopic (exact) mass is 480 g/mol. The SMILES string of the molecule is CCCn1c(NCc2ccccc2)c(/C=C2/SC(=S)N(CC(C)C)C2=O)c(C)c(C#N)c1=O. The quantitative estimate of drug-likeness (QED) is 0.427. The van der Waals surface area contributed by atoms with Crippen molar-refractivity contribution in [2.24, 2.45) is 5.92 Å². The van der Waals surface area contributed by atoms with Gasteiger partial charge in [0.2, 0.25) is 0 Å². The molecule has 3 rings (SSSR count). The molecule has 1 aromatic carbocycles. The van der Waals surface area contributed by atoms with E-state index in [0.29, 0.717) is 45.8 Å². The summed E-state index contributed by atoms with van der Waals surface area (Å²) >= 11 is 6.71. The van der Waals surface area contributed by atoms with E-state index in [0.717, 1.165) is 12.0 Å². The van der Waals surface area contributed by atoms with Crippen molar-refractivity contribution in [1.29, 1.82) is 5.26 Å². The van der Waals surface area contributed by atoms with E-state index in [4.69, 9.17) is 12.2 Å². The number of anilines is 1. The van der Waals surface area contributed by atoms with Gasteiger partial charge in [0.25, 0.3) is 11.5 Å². The van der Waals surface area contributed by atoms with Gasteiger partial charge in [0.15, 0.2) is 0 Å². The summed E-state index contributed by atoms with van der Waals surface area (Å²) in [5, 5.41) is 13.1. The van der Waals surface area contributed by atoms with Gasteiger partial charge in [0, 0.05) is 25.2 Å². The number of carbonyl (C=O) groups excluding carboxylic acids is 1. The van der Waals surface area contributed by atoms with Crippen LogP contribution in [0.4, 0.5) is 5.82 Å². The average molecular weight is 481 g/mol. The number of pyridine rings is 1. The number of hydrogen-bond donors (Lipinski definition) is 1. The van der Waals surface area contributed by atoms with Crippen LogP contribution in [0, 0.1) is 24.2 Å². The van der Waals surface area contributed by atoms with Crippen molar-refractivity contribution in [3.63, 3.8) is 0 Å². The summed E-state index contributed by atoms with van der Waals surface area (Å²) in [6.45, 7) is 9.33.